The summed E-state index contributed by atoms with van der Waals surface area (Å²) in [6.07, 6.45) is 4.59. The Morgan fingerprint density at radius 1 is 1.29 bits per heavy atom. The normalized spacial score (nSPS) is 33.5. The maximum absolute atomic E-state index is 12.4. The lowest BCUT2D eigenvalue weighted by Crippen LogP contribution is -2.60. The third-order valence-electron chi connectivity index (χ3n) is 4.88. The first-order valence-electron chi connectivity index (χ1n) is 7.80. The van der Waals surface area contributed by atoms with E-state index in [9.17, 15) is 14.7 Å². The number of rotatable bonds is 3. The maximum atomic E-state index is 12.4. The molecule has 2 N–H and O–H groups in total. The van der Waals surface area contributed by atoms with E-state index in [1.807, 2.05) is 0 Å². The average molecular weight is 298 g/mol. The first-order chi connectivity index (χ1) is 9.97. The number of carbonyl (C=O) groups is 2. The molecule has 120 valence electrons. The molecule has 1 aliphatic heterocycles. The minimum absolute atomic E-state index is 0.0525. The van der Waals surface area contributed by atoms with E-state index in [0.717, 1.165) is 25.7 Å². The van der Waals surface area contributed by atoms with Crippen LogP contribution in [-0.2, 0) is 9.53 Å². The molecule has 6 nitrogen and oxygen atoms in total. The fourth-order valence-corrected chi connectivity index (χ4v) is 3.25. The second-order valence-corrected chi connectivity index (χ2v) is 6.45. The molecule has 0 aromatic carbocycles. The smallest absolute Gasteiger partial charge is 0.329 e. The summed E-state index contributed by atoms with van der Waals surface area (Å²) in [6.45, 7) is 3.33. The molecule has 1 unspecified atom stereocenters. The molecule has 1 aliphatic carbocycles. The van der Waals surface area contributed by atoms with Gasteiger partial charge in [-0.1, -0.05) is 6.92 Å². The van der Waals surface area contributed by atoms with Gasteiger partial charge in [-0.3, -0.25) is 0 Å². The monoisotopic (exact) mass is 298 g/mol. The molecule has 1 saturated heterocycles. The molecule has 0 spiro atoms. The van der Waals surface area contributed by atoms with Crippen LogP contribution in [-0.4, -0.2) is 53.8 Å². The Morgan fingerprint density at radius 2 is 1.95 bits per heavy atom. The van der Waals surface area contributed by atoms with Crippen molar-refractivity contribution in [2.24, 2.45) is 5.92 Å². The number of methoxy groups -OCH3 is 1. The number of aliphatic carboxylic acids is 1. The highest BCUT2D eigenvalue weighted by molar-refractivity contribution is 5.86. The SMILES string of the molecule is COC1CCCN(C(=O)NC2(C(=O)O)CCC(C)CC2)C1. The Morgan fingerprint density at radius 3 is 2.52 bits per heavy atom. The van der Waals surface area contributed by atoms with Crippen LogP contribution in [0.25, 0.3) is 0 Å². The number of piperidine rings is 1. The molecule has 1 saturated carbocycles. The van der Waals surface area contributed by atoms with Crippen molar-refractivity contribution in [2.45, 2.75) is 57.1 Å². The molecular formula is C15H26N2O4. The second-order valence-electron chi connectivity index (χ2n) is 6.45. The van der Waals surface area contributed by atoms with Crippen molar-refractivity contribution in [3.63, 3.8) is 0 Å². The highest BCUT2D eigenvalue weighted by Crippen LogP contribution is 2.32. The molecule has 1 atom stereocenters. The summed E-state index contributed by atoms with van der Waals surface area (Å²) in [5, 5.41) is 12.4. The van der Waals surface area contributed by atoms with E-state index in [1.165, 1.54) is 0 Å². The number of carboxylic acid groups (broad SMARTS) is 1. The van der Waals surface area contributed by atoms with Crippen LogP contribution < -0.4 is 5.32 Å². The molecule has 0 bridgehead atoms. The summed E-state index contributed by atoms with van der Waals surface area (Å²) in [4.78, 5) is 25.8. The zero-order chi connectivity index (χ0) is 15.5. The Kier molecular flexibility index (Phi) is 5.08. The Bertz CT molecular complexity index is 391. The fourth-order valence-electron chi connectivity index (χ4n) is 3.25. The quantitative estimate of drug-likeness (QED) is 0.833. The van der Waals surface area contributed by atoms with Crippen LogP contribution in [0.1, 0.15) is 45.4 Å². The summed E-state index contributed by atoms with van der Waals surface area (Å²) in [7, 11) is 1.65. The van der Waals surface area contributed by atoms with Crippen LogP contribution in [0.15, 0.2) is 0 Å². The lowest BCUT2D eigenvalue weighted by molar-refractivity contribution is -0.146. The molecular weight excluding hydrogens is 272 g/mol. The van der Waals surface area contributed by atoms with Gasteiger partial charge in [-0.2, -0.15) is 0 Å². The van der Waals surface area contributed by atoms with Crippen molar-refractivity contribution in [3.05, 3.63) is 0 Å². The summed E-state index contributed by atoms with van der Waals surface area (Å²) in [5.41, 5.74) is -1.09. The largest absolute Gasteiger partial charge is 0.480 e. The molecule has 6 heteroatoms. The van der Waals surface area contributed by atoms with Gasteiger partial charge in [-0.25, -0.2) is 9.59 Å². The molecule has 0 radical (unpaired) electrons. The predicted octanol–water partition coefficient (Wildman–Crippen LogP) is 1.84. The van der Waals surface area contributed by atoms with E-state index in [2.05, 4.69) is 12.2 Å². The van der Waals surface area contributed by atoms with E-state index in [-0.39, 0.29) is 12.1 Å². The molecule has 0 aromatic rings. The zero-order valence-corrected chi connectivity index (χ0v) is 12.9. The van der Waals surface area contributed by atoms with Crippen LogP contribution in [0.4, 0.5) is 4.79 Å². The number of likely N-dealkylation sites (tertiary alicyclic amines) is 1. The number of hydrogen-bond donors (Lipinski definition) is 2. The standard InChI is InChI=1S/C15H26N2O4/c1-11-5-7-15(8-6-11,13(18)19)16-14(20)17-9-3-4-12(10-17)21-2/h11-12H,3-10H2,1-2H3,(H,16,20)(H,18,19). The van der Waals surface area contributed by atoms with Gasteiger partial charge in [0.25, 0.3) is 0 Å². The fraction of sp³-hybridized carbons (Fsp3) is 0.867. The average Bonchev–Trinajstić information content (AvgIpc) is 2.49. The van der Waals surface area contributed by atoms with E-state index in [1.54, 1.807) is 12.0 Å². The van der Waals surface area contributed by atoms with Gasteiger partial charge in [-0.05, 0) is 44.4 Å². The van der Waals surface area contributed by atoms with Crippen molar-refractivity contribution in [2.75, 3.05) is 20.2 Å². The minimum Gasteiger partial charge on any atom is -0.480 e. The number of ether oxygens (including phenoxy) is 1. The first kappa shape index (κ1) is 16.1. The number of carboxylic acids is 1. The molecule has 2 aliphatic rings. The van der Waals surface area contributed by atoms with Crippen molar-refractivity contribution >= 4 is 12.0 Å². The summed E-state index contributed by atoms with van der Waals surface area (Å²) < 4.78 is 5.31. The molecule has 2 fully saturated rings. The predicted molar refractivity (Wildman–Crippen MR) is 78.1 cm³/mol. The first-order valence-corrected chi connectivity index (χ1v) is 7.80. The summed E-state index contributed by atoms with van der Waals surface area (Å²) in [5.74, 6) is -0.384. The van der Waals surface area contributed by atoms with Crippen LogP contribution >= 0.6 is 0 Å². The van der Waals surface area contributed by atoms with Crippen LogP contribution in [0.5, 0.6) is 0 Å². The maximum Gasteiger partial charge on any atom is 0.329 e. The van der Waals surface area contributed by atoms with Crippen molar-refractivity contribution in [1.29, 1.82) is 0 Å². The van der Waals surface area contributed by atoms with Gasteiger partial charge in [0, 0.05) is 20.2 Å². The van der Waals surface area contributed by atoms with E-state index < -0.39 is 11.5 Å². The van der Waals surface area contributed by atoms with E-state index in [0.29, 0.717) is 31.8 Å². The highest BCUT2D eigenvalue weighted by atomic mass is 16.5. The van der Waals surface area contributed by atoms with Gasteiger partial charge < -0.3 is 20.1 Å². The van der Waals surface area contributed by atoms with Gasteiger partial charge in [-0.15, -0.1) is 0 Å². The summed E-state index contributed by atoms with van der Waals surface area (Å²) in [6, 6.07) is -0.270. The van der Waals surface area contributed by atoms with Gasteiger partial charge in [0.15, 0.2) is 0 Å². The van der Waals surface area contributed by atoms with Gasteiger partial charge in [0.05, 0.1) is 6.10 Å². The number of hydrogen-bond acceptors (Lipinski definition) is 3. The van der Waals surface area contributed by atoms with Crippen molar-refractivity contribution in [1.82, 2.24) is 10.2 Å². The Balaban J connectivity index is 2.00. The third kappa shape index (κ3) is 3.67. The van der Waals surface area contributed by atoms with Crippen molar-refractivity contribution in [3.8, 4) is 0 Å². The summed E-state index contributed by atoms with van der Waals surface area (Å²) >= 11 is 0. The van der Waals surface area contributed by atoms with Crippen molar-refractivity contribution < 1.29 is 19.4 Å². The number of carbonyl (C=O) groups excluding carboxylic acids is 1. The molecule has 21 heavy (non-hydrogen) atoms. The molecule has 2 rings (SSSR count). The molecule has 1 heterocycles. The molecule has 2 amide bonds. The Hall–Kier alpha value is -1.30. The third-order valence-corrected chi connectivity index (χ3v) is 4.88. The van der Waals surface area contributed by atoms with Gasteiger partial charge >= 0.3 is 12.0 Å². The van der Waals surface area contributed by atoms with E-state index in [4.69, 9.17) is 4.74 Å². The van der Waals surface area contributed by atoms with Crippen LogP contribution in [0.2, 0.25) is 0 Å². The number of amides is 2. The lowest BCUT2D eigenvalue weighted by atomic mass is 9.77. The van der Waals surface area contributed by atoms with Crippen LogP contribution in [0.3, 0.4) is 0 Å². The van der Waals surface area contributed by atoms with Gasteiger partial charge in [0.2, 0.25) is 0 Å². The second kappa shape index (κ2) is 6.64. The minimum atomic E-state index is -1.09. The topological polar surface area (TPSA) is 78.9 Å². The number of urea groups is 1. The lowest BCUT2D eigenvalue weighted by Gasteiger charge is -2.39. The van der Waals surface area contributed by atoms with Crippen LogP contribution in [0, 0.1) is 5.92 Å². The van der Waals surface area contributed by atoms with E-state index >= 15 is 0 Å². The number of nitrogens with zero attached hydrogens (tertiary/aromatic N) is 1. The number of nitrogens with one attached hydrogen (secondary N) is 1. The highest BCUT2D eigenvalue weighted by Gasteiger charge is 2.43. The Labute approximate surface area is 125 Å². The van der Waals surface area contributed by atoms with Gasteiger partial charge in [0.1, 0.15) is 5.54 Å². The molecule has 0 aromatic heterocycles. The zero-order valence-electron chi connectivity index (χ0n) is 12.9.